The molecule has 5 nitrogen and oxygen atoms in total. The molecule has 0 heterocycles. The number of nitriles is 1. The number of carbonyl (C=O) groups is 3. The van der Waals surface area contributed by atoms with Crippen LogP contribution in [0.3, 0.4) is 0 Å². The summed E-state index contributed by atoms with van der Waals surface area (Å²) in [6, 6.07) is 1.31. The zero-order valence-electron chi connectivity index (χ0n) is 45.7. The Kier molecular flexibility index (Phi) is 1.96. The van der Waals surface area contributed by atoms with Gasteiger partial charge in [0.1, 0.15) is 6.07 Å². The molecule has 3 saturated carbocycles. The van der Waals surface area contributed by atoms with Crippen LogP contribution in [-0.4, -0.2) is 24.6 Å². The average molecular weight is 532 g/mol. The highest BCUT2D eigenvalue weighted by molar-refractivity contribution is 6.04. The largest absolute Gasteiger partial charge is 0.469 e. The highest BCUT2D eigenvalue weighted by Crippen LogP contribution is 2.74. The maximum Gasteiger partial charge on any atom is 0.312 e. The fourth-order valence-corrected chi connectivity index (χ4v) is 7.65. The van der Waals surface area contributed by atoms with Gasteiger partial charge in [-0.1, -0.05) is 59.6 Å². The van der Waals surface area contributed by atoms with Crippen LogP contribution in [0, 0.1) is 61.6 Å². The number of rotatable bonds is 1. The molecule has 0 N–H and O–H groups in total. The quantitative estimate of drug-likeness (QED) is 0.367. The topological polar surface area (TPSA) is 84.2 Å². The Morgan fingerprint density at radius 2 is 1.95 bits per heavy atom. The summed E-state index contributed by atoms with van der Waals surface area (Å²) in [7, 11) is -3.69. The summed E-state index contributed by atoms with van der Waals surface area (Å²) in [5, 5.41) is 10.3. The highest BCUT2D eigenvalue weighted by Gasteiger charge is 2.71. The van der Waals surface area contributed by atoms with Crippen LogP contribution in [0.1, 0.15) is 129 Å². The van der Waals surface area contributed by atoms with E-state index in [1.54, 1.807) is 0 Å². The fourth-order valence-electron chi connectivity index (χ4n) is 7.65. The lowest BCUT2D eigenvalue weighted by molar-refractivity contribution is -0.191. The Hall–Kier alpha value is -2.22. The maximum absolute atomic E-state index is 15.4. The van der Waals surface area contributed by atoms with Crippen molar-refractivity contribution in [2.45, 2.75) is 92.9 Å². The molecular formula is C32H43NO4. The minimum Gasteiger partial charge on any atom is -0.469 e. The van der Waals surface area contributed by atoms with E-state index in [4.69, 9.17) is 29.4 Å². The van der Waals surface area contributed by atoms with E-state index in [1.165, 1.54) is 6.07 Å². The first-order valence-corrected chi connectivity index (χ1v) is 11.9. The van der Waals surface area contributed by atoms with Gasteiger partial charge in [0.05, 0.1) is 22.1 Å². The summed E-state index contributed by atoms with van der Waals surface area (Å²) in [6.45, 7) is -27.3. The zero-order chi connectivity index (χ0) is 49.2. The first-order chi connectivity index (χ1) is 27.7. The summed E-state index contributed by atoms with van der Waals surface area (Å²) in [6.07, 6.45) is -11.1. The second-order valence-electron chi connectivity index (χ2n) is 11.2. The molecular weight excluding hydrogens is 462 g/mol. The second-order valence-corrected chi connectivity index (χ2v) is 11.2. The van der Waals surface area contributed by atoms with Gasteiger partial charge in [-0.3, -0.25) is 14.4 Å². The molecule has 200 valence electrons. The minimum absolute atomic E-state index is 0.256. The lowest BCUT2D eigenvalue weighted by atomic mass is 9.34. The molecule has 0 aromatic carbocycles. The summed E-state index contributed by atoms with van der Waals surface area (Å²) >= 11 is 0. The number of Topliss-reactive ketones (excluding diaryl/α,β-unsaturated/α-hetero) is 1. The van der Waals surface area contributed by atoms with Crippen molar-refractivity contribution in [3.05, 3.63) is 23.3 Å². The number of ketones is 2. The van der Waals surface area contributed by atoms with Gasteiger partial charge < -0.3 is 4.74 Å². The number of ether oxygens (including phenoxy) is 1. The Labute approximate surface area is 258 Å². The third-order valence-electron chi connectivity index (χ3n) is 9.45. The van der Waals surface area contributed by atoms with E-state index in [1.807, 2.05) is 0 Å². The van der Waals surface area contributed by atoms with Crippen LogP contribution in [0.2, 0.25) is 0 Å². The first-order valence-electron chi connectivity index (χ1n) is 24.9. The van der Waals surface area contributed by atoms with E-state index >= 15 is 4.79 Å². The standard InChI is InChI=1S/C32H43NO4/c1-27(2)11-13-32(26(36)37-8)14-12-31(7)24(20(32)17-27)21(34)15-23-29(5)16-19(18-33)25(35)28(3,4)22(29)9-10-30(23,31)6/h15-16,20,22,24H,9-14,17H2,1-8H3/t20-,22-,24-,29-,30+,31+,32-/m0/s1/i1D3,2D3,3D3,4D3,5D3,6D3,7D3,8D3,13D2. The Morgan fingerprint density at radius 3 is 2.59 bits per heavy atom. The zero-order valence-corrected chi connectivity index (χ0v) is 19.7. The number of fused-ring (bicyclic) bond motifs is 7. The minimum atomic E-state index is -4.02. The molecule has 0 aromatic heterocycles. The first kappa shape index (κ1) is 9.46. The Bertz CT molecular complexity index is 2040. The molecule has 3 fully saturated rings. The van der Waals surface area contributed by atoms with Gasteiger partial charge in [0.15, 0.2) is 11.6 Å². The third-order valence-corrected chi connectivity index (χ3v) is 9.45. The van der Waals surface area contributed by atoms with Gasteiger partial charge in [0, 0.05) is 48.3 Å². The number of esters is 1. The molecule has 0 unspecified atom stereocenters. The smallest absolute Gasteiger partial charge is 0.312 e. The lowest BCUT2D eigenvalue weighted by Gasteiger charge is -2.68. The molecule has 5 rings (SSSR count). The van der Waals surface area contributed by atoms with Gasteiger partial charge in [-0.15, -0.1) is 0 Å². The molecule has 5 heteroatoms. The average Bonchev–Trinajstić information content (AvgIpc) is 3.02. The Balaban J connectivity index is 2.09. The van der Waals surface area contributed by atoms with Crippen LogP contribution in [-0.2, 0) is 19.1 Å². The number of methoxy groups -OCH3 is 1. The highest BCUT2D eigenvalue weighted by atomic mass is 16.5. The molecule has 7 atom stereocenters. The van der Waals surface area contributed by atoms with E-state index in [0.29, 0.717) is 6.08 Å². The second kappa shape index (κ2) is 7.67. The van der Waals surface area contributed by atoms with E-state index in [2.05, 4.69) is 0 Å². The SMILES string of the molecule is [2H]C([2H])([2H])OC(=O)[C@@]12CC[C@]3(C([2H])([2H])[2H])[C@H](C(=O)C=C4[C@@]5(C([2H])([2H])[2H])C=C(C#N)C(=O)C(C([2H])([2H])[2H])(C([2H])([2H])[2H])[C@@H]5CC[C@]43C([2H])([2H])[2H])[C@@H]1CC(C([2H])([2H])[2H])(C([2H])([2H])[2H])CC2([2H])[2H]. The molecule has 0 radical (unpaired) electrons. The van der Waals surface area contributed by atoms with Crippen molar-refractivity contribution in [3.8, 4) is 6.07 Å². The fraction of sp³-hybridized carbons (Fsp3) is 0.750. The summed E-state index contributed by atoms with van der Waals surface area (Å²) in [4.78, 5) is 44.0. The van der Waals surface area contributed by atoms with Crippen LogP contribution in [0.15, 0.2) is 23.3 Å². The molecule has 0 aliphatic heterocycles. The van der Waals surface area contributed by atoms with Crippen molar-refractivity contribution in [3.63, 3.8) is 0 Å². The maximum atomic E-state index is 15.4. The van der Waals surface area contributed by atoms with Gasteiger partial charge in [0.25, 0.3) is 0 Å². The normalized spacial score (nSPS) is 60.1. The van der Waals surface area contributed by atoms with Crippen molar-refractivity contribution in [1.29, 1.82) is 5.26 Å². The molecule has 0 bridgehead atoms. The summed E-state index contributed by atoms with van der Waals surface area (Å²) in [5.41, 5.74) is -23.1. The summed E-state index contributed by atoms with van der Waals surface area (Å²) in [5.74, 6) is -13.4. The monoisotopic (exact) mass is 531 g/mol. The van der Waals surface area contributed by atoms with Gasteiger partial charge in [-0.2, -0.15) is 5.26 Å². The predicted octanol–water partition coefficient (Wildman–Crippen LogP) is 6.38. The van der Waals surface area contributed by atoms with Crippen LogP contribution in [0.4, 0.5) is 0 Å². The van der Waals surface area contributed by atoms with Gasteiger partial charge >= 0.3 is 5.97 Å². The lowest BCUT2D eigenvalue weighted by Crippen LogP contribution is -2.65. The van der Waals surface area contributed by atoms with Crippen LogP contribution in [0.25, 0.3) is 0 Å². The Morgan fingerprint density at radius 1 is 1.11 bits per heavy atom. The molecule has 0 spiro atoms. The number of hydrogen-bond acceptors (Lipinski definition) is 5. The van der Waals surface area contributed by atoms with Crippen LogP contribution >= 0.6 is 0 Å². The van der Waals surface area contributed by atoms with E-state index in [-0.39, 0.29) is 6.08 Å². The van der Waals surface area contributed by atoms with E-state index in [9.17, 15) is 25.8 Å². The van der Waals surface area contributed by atoms with Gasteiger partial charge in [-0.05, 0) is 79.1 Å². The van der Waals surface area contributed by atoms with Gasteiger partial charge in [0.2, 0.25) is 0 Å². The number of allylic oxidation sites excluding steroid dienone is 4. The predicted molar refractivity (Wildman–Crippen MR) is 141 cm³/mol. The third kappa shape index (κ3) is 3.11. The van der Waals surface area contributed by atoms with Crippen molar-refractivity contribution in [1.82, 2.24) is 0 Å². The summed E-state index contributed by atoms with van der Waals surface area (Å²) < 4.78 is 230. The van der Waals surface area contributed by atoms with E-state index in [0.717, 1.165) is 0 Å². The number of carbonyl (C=O) groups excluding carboxylic acids is 3. The molecule has 0 aromatic rings. The van der Waals surface area contributed by atoms with Crippen LogP contribution in [0.5, 0.6) is 0 Å². The van der Waals surface area contributed by atoms with E-state index < -0.39 is 179 Å². The number of hydrogen-bond donors (Lipinski definition) is 0. The molecule has 5 aliphatic rings. The number of nitrogens with zero attached hydrogens (tertiary/aromatic N) is 1. The van der Waals surface area contributed by atoms with Crippen LogP contribution < -0.4 is 0 Å². The van der Waals surface area contributed by atoms with Crippen molar-refractivity contribution in [2.24, 2.45) is 50.2 Å². The van der Waals surface area contributed by atoms with Crippen molar-refractivity contribution in [2.75, 3.05) is 7.04 Å². The molecule has 0 amide bonds. The van der Waals surface area contributed by atoms with Crippen molar-refractivity contribution >= 4 is 17.5 Å². The molecule has 0 saturated heterocycles. The molecule has 5 aliphatic carbocycles. The van der Waals surface area contributed by atoms with Crippen molar-refractivity contribution < 1.29 is 54.8 Å². The molecule has 37 heavy (non-hydrogen) atoms. The van der Waals surface area contributed by atoms with Gasteiger partial charge in [-0.25, -0.2) is 0 Å².